The SMILES string of the molecule is CO.Cn1cc(-c2ccccc2OC2CCCCC2)c2cc[nH]c2c1=O. The van der Waals surface area contributed by atoms with Crippen molar-refractivity contribution < 1.29 is 9.84 Å². The van der Waals surface area contributed by atoms with Crippen molar-refractivity contribution in [2.75, 3.05) is 7.11 Å². The number of aryl methyl sites for hydroxylation is 1. The lowest BCUT2D eigenvalue weighted by Gasteiger charge is -2.24. The van der Waals surface area contributed by atoms with Crippen LogP contribution in [0.2, 0.25) is 0 Å². The third kappa shape index (κ3) is 3.53. The first-order valence-electron chi connectivity index (χ1n) is 9.11. The Morgan fingerprint density at radius 2 is 1.81 bits per heavy atom. The lowest BCUT2D eigenvalue weighted by atomic mass is 9.97. The van der Waals surface area contributed by atoms with E-state index in [9.17, 15) is 4.79 Å². The maximum absolute atomic E-state index is 12.3. The zero-order valence-corrected chi connectivity index (χ0v) is 15.4. The highest BCUT2D eigenvalue weighted by molar-refractivity contribution is 5.95. The van der Waals surface area contributed by atoms with Crippen molar-refractivity contribution >= 4 is 10.9 Å². The minimum absolute atomic E-state index is 0.00979. The number of rotatable bonds is 3. The summed E-state index contributed by atoms with van der Waals surface area (Å²) in [6, 6.07) is 10.1. The molecule has 0 atom stereocenters. The van der Waals surface area contributed by atoms with Gasteiger partial charge < -0.3 is 19.4 Å². The van der Waals surface area contributed by atoms with Crippen LogP contribution < -0.4 is 10.3 Å². The van der Waals surface area contributed by atoms with Crippen LogP contribution in [0.3, 0.4) is 0 Å². The number of aliphatic hydroxyl groups excluding tert-OH is 1. The zero-order chi connectivity index (χ0) is 18.5. The summed E-state index contributed by atoms with van der Waals surface area (Å²) in [6.07, 6.45) is 10.1. The van der Waals surface area contributed by atoms with Crippen LogP contribution in [0.15, 0.2) is 47.5 Å². The van der Waals surface area contributed by atoms with Gasteiger partial charge in [0.25, 0.3) is 5.56 Å². The molecule has 138 valence electrons. The lowest BCUT2D eigenvalue weighted by Crippen LogP contribution is -2.20. The molecular weight excluding hydrogens is 328 g/mol. The minimum atomic E-state index is -0.00979. The molecule has 1 aliphatic rings. The molecule has 0 amide bonds. The summed E-state index contributed by atoms with van der Waals surface area (Å²) in [6.45, 7) is 0. The number of benzene rings is 1. The molecule has 0 bridgehead atoms. The van der Waals surface area contributed by atoms with E-state index in [2.05, 4.69) is 11.1 Å². The molecule has 3 aromatic rings. The van der Waals surface area contributed by atoms with Crippen molar-refractivity contribution in [3.63, 3.8) is 0 Å². The maximum Gasteiger partial charge on any atom is 0.274 e. The van der Waals surface area contributed by atoms with Gasteiger partial charge in [-0.25, -0.2) is 0 Å². The quantitative estimate of drug-likeness (QED) is 0.751. The Kier molecular flexibility index (Phi) is 5.78. The van der Waals surface area contributed by atoms with E-state index < -0.39 is 0 Å². The number of H-pyrrole nitrogens is 1. The predicted molar refractivity (Wildman–Crippen MR) is 105 cm³/mol. The fourth-order valence-corrected chi connectivity index (χ4v) is 3.64. The molecule has 26 heavy (non-hydrogen) atoms. The average Bonchev–Trinajstić information content (AvgIpc) is 3.18. The van der Waals surface area contributed by atoms with Crippen molar-refractivity contribution in [1.82, 2.24) is 9.55 Å². The Balaban J connectivity index is 0.000000948. The highest BCUT2D eigenvalue weighted by Crippen LogP contribution is 2.35. The standard InChI is InChI=1S/C20H22N2O2.CH4O/c1-22-13-17(16-11-12-21-19(16)20(22)23)15-9-5-6-10-18(15)24-14-7-3-2-4-8-14;1-2/h5-6,9-14,21H,2-4,7-8H2,1H3;2H,1H3. The second-order valence-corrected chi connectivity index (χ2v) is 6.60. The van der Waals surface area contributed by atoms with Crippen LogP contribution in [0, 0.1) is 0 Å². The number of aromatic nitrogens is 2. The van der Waals surface area contributed by atoms with Gasteiger partial charge in [0.05, 0.1) is 6.10 Å². The zero-order valence-electron chi connectivity index (χ0n) is 15.4. The first-order chi connectivity index (χ1) is 12.7. The van der Waals surface area contributed by atoms with Gasteiger partial charge in [0.15, 0.2) is 0 Å². The molecule has 0 aliphatic heterocycles. The largest absolute Gasteiger partial charge is 0.490 e. The topological polar surface area (TPSA) is 67.2 Å². The number of aromatic amines is 1. The van der Waals surface area contributed by atoms with Gasteiger partial charge in [-0.2, -0.15) is 0 Å². The first-order valence-corrected chi connectivity index (χ1v) is 9.11. The molecule has 4 rings (SSSR count). The molecule has 0 unspecified atom stereocenters. The van der Waals surface area contributed by atoms with E-state index in [1.165, 1.54) is 19.3 Å². The molecule has 0 spiro atoms. The molecule has 5 nitrogen and oxygen atoms in total. The smallest absolute Gasteiger partial charge is 0.274 e. The molecule has 0 saturated heterocycles. The summed E-state index contributed by atoms with van der Waals surface area (Å²) >= 11 is 0. The molecule has 5 heteroatoms. The fourth-order valence-electron chi connectivity index (χ4n) is 3.64. The Hall–Kier alpha value is -2.53. The van der Waals surface area contributed by atoms with E-state index in [-0.39, 0.29) is 5.56 Å². The summed E-state index contributed by atoms with van der Waals surface area (Å²) in [5.41, 5.74) is 2.70. The van der Waals surface area contributed by atoms with E-state index in [1.54, 1.807) is 11.6 Å². The highest BCUT2D eigenvalue weighted by atomic mass is 16.5. The second-order valence-electron chi connectivity index (χ2n) is 6.60. The third-order valence-electron chi connectivity index (χ3n) is 4.92. The number of fused-ring (bicyclic) bond motifs is 1. The van der Waals surface area contributed by atoms with Crippen molar-refractivity contribution in [2.24, 2.45) is 7.05 Å². The van der Waals surface area contributed by atoms with Gasteiger partial charge in [-0.1, -0.05) is 24.6 Å². The number of pyridine rings is 1. The normalized spacial score (nSPS) is 14.7. The maximum atomic E-state index is 12.3. The van der Waals surface area contributed by atoms with Gasteiger partial charge in [0, 0.05) is 43.1 Å². The van der Waals surface area contributed by atoms with E-state index >= 15 is 0 Å². The van der Waals surface area contributed by atoms with Crippen LogP contribution in [0.1, 0.15) is 32.1 Å². The first kappa shape index (κ1) is 18.3. The van der Waals surface area contributed by atoms with Gasteiger partial charge in [0.1, 0.15) is 11.3 Å². The molecule has 2 N–H and O–H groups in total. The molecule has 1 saturated carbocycles. The van der Waals surface area contributed by atoms with Crippen molar-refractivity contribution in [1.29, 1.82) is 0 Å². The van der Waals surface area contributed by atoms with E-state index in [4.69, 9.17) is 9.84 Å². The summed E-state index contributed by atoms with van der Waals surface area (Å²) < 4.78 is 7.97. The van der Waals surface area contributed by atoms with Crippen LogP contribution in [0.4, 0.5) is 0 Å². The predicted octanol–water partition coefficient (Wildman–Crippen LogP) is 3.85. The Labute approximate surface area is 153 Å². The van der Waals surface area contributed by atoms with Crippen LogP contribution in [0.25, 0.3) is 22.0 Å². The summed E-state index contributed by atoms with van der Waals surface area (Å²) in [7, 11) is 2.79. The molecule has 2 heterocycles. The molecule has 1 aromatic carbocycles. The van der Waals surface area contributed by atoms with Crippen LogP contribution in [0.5, 0.6) is 5.75 Å². The number of hydrogen-bond acceptors (Lipinski definition) is 3. The van der Waals surface area contributed by atoms with Gasteiger partial charge >= 0.3 is 0 Å². The molecule has 1 fully saturated rings. The molecular formula is C21H26N2O3. The van der Waals surface area contributed by atoms with Gasteiger partial charge in [0.2, 0.25) is 0 Å². The second kappa shape index (κ2) is 8.23. The molecule has 1 aliphatic carbocycles. The number of para-hydroxylation sites is 1. The van der Waals surface area contributed by atoms with Gasteiger partial charge in [-0.15, -0.1) is 0 Å². The summed E-state index contributed by atoms with van der Waals surface area (Å²) in [5, 5.41) is 7.94. The number of ether oxygens (including phenoxy) is 1. The third-order valence-corrected chi connectivity index (χ3v) is 4.92. The van der Waals surface area contributed by atoms with Crippen molar-refractivity contribution in [3.8, 4) is 16.9 Å². The monoisotopic (exact) mass is 354 g/mol. The molecule has 0 radical (unpaired) electrons. The number of hydrogen-bond donors (Lipinski definition) is 2. The Bertz CT molecular complexity index is 920. The lowest BCUT2D eigenvalue weighted by molar-refractivity contribution is 0.156. The molecule has 2 aromatic heterocycles. The summed E-state index contributed by atoms with van der Waals surface area (Å²) in [4.78, 5) is 15.3. The van der Waals surface area contributed by atoms with Crippen LogP contribution in [-0.2, 0) is 7.05 Å². The Morgan fingerprint density at radius 3 is 2.58 bits per heavy atom. The summed E-state index contributed by atoms with van der Waals surface area (Å²) in [5.74, 6) is 0.908. The van der Waals surface area contributed by atoms with Crippen LogP contribution in [-0.4, -0.2) is 27.9 Å². The minimum Gasteiger partial charge on any atom is -0.490 e. The van der Waals surface area contributed by atoms with Crippen molar-refractivity contribution in [2.45, 2.75) is 38.2 Å². The Morgan fingerprint density at radius 1 is 1.08 bits per heavy atom. The number of nitrogens with zero attached hydrogens (tertiary/aromatic N) is 1. The van der Waals surface area contributed by atoms with E-state index in [1.807, 2.05) is 36.7 Å². The number of aliphatic hydroxyl groups is 1. The van der Waals surface area contributed by atoms with E-state index in [0.717, 1.165) is 42.2 Å². The highest BCUT2D eigenvalue weighted by Gasteiger charge is 2.18. The van der Waals surface area contributed by atoms with E-state index in [0.29, 0.717) is 11.6 Å². The number of nitrogens with one attached hydrogen (secondary N) is 1. The van der Waals surface area contributed by atoms with Gasteiger partial charge in [-0.3, -0.25) is 4.79 Å². The van der Waals surface area contributed by atoms with Gasteiger partial charge in [-0.05, 0) is 37.8 Å². The van der Waals surface area contributed by atoms with Crippen LogP contribution >= 0.6 is 0 Å². The fraction of sp³-hybridized carbons (Fsp3) is 0.381. The average molecular weight is 354 g/mol. The van der Waals surface area contributed by atoms with Crippen molar-refractivity contribution in [3.05, 3.63) is 53.1 Å².